The lowest BCUT2D eigenvalue weighted by atomic mass is 9.97. The maximum absolute atomic E-state index is 12.5. The van der Waals surface area contributed by atoms with Gasteiger partial charge in [0.1, 0.15) is 49.2 Å². The van der Waals surface area contributed by atoms with E-state index in [9.17, 15) is 58.8 Å². The molecule has 1 amide bonds. The van der Waals surface area contributed by atoms with Gasteiger partial charge in [-0.2, -0.15) is 4.31 Å². The lowest BCUT2D eigenvalue weighted by Crippen LogP contribution is -2.64. The number of aromatic nitrogens is 2. The molecule has 25 heteroatoms. The zero-order valence-electron chi connectivity index (χ0n) is 20.9. The van der Waals surface area contributed by atoms with Gasteiger partial charge in [-0.1, -0.05) is 5.11 Å². The summed E-state index contributed by atoms with van der Waals surface area (Å²) in [6, 6.07) is -0.958. The highest BCUT2D eigenvalue weighted by Gasteiger charge is 2.50. The standard InChI is InChI=1S/C17H26N6O17P2/c18-22-19-3-9(26)20-10-13(29)11(27)6(4-24)38-16(10)39-42(34,35)40-41(32,33)36-5-7-12(28)14(30)15(37-7)23-2-1-8(25)21-17(23)31/h1-2,6-7,10-16,24,27-30H,3-5H2,(H,20,26)(H,32,33)(H,34,35)(H,21,25,31)/t6-,7-,10+,11-,12-,13-,14-,15-,16-/m1/s1. The van der Waals surface area contributed by atoms with E-state index in [4.69, 9.17) is 15.0 Å². The van der Waals surface area contributed by atoms with Crippen molar-refractivity contribution in [3.8, 4) is 0 Å². The third-order valence-electron chi connectivity index (χ3n) is 5.79. The first-order valence-electron chi connectivity index (χ1n) is 11.5. The molecule has 236 valence electrons. The van der Waals surface area contributed by atoms with Crippen LogP contribution in [0.25, 0.3) is 10.4 Å². The number of phosphoric acid groups is 2. The molecule has 3 heterocycles. The van der Waals surface area contributed by atoms with Gasteiger partial charge >= 0.3 is 21.3 Å². The smallest absolute Gasteiger partial charge is 0.394 e. The number of nitrogens with one attached hydrogen (secondary N) is 2. The van der Waals surface area contributed by atoms with Crippen LogP contribution in [0.5, 0.6) is 0 Å². The minimum Gasteiger partial charge on any atom is -0.394 e. The molecule has 2 fully saturated rings. The first kappa shape index (κ1) is 33.9. The first-order chi connectivity index (χ1) is 19.6. The molecule has 0 spiro atoms. The van der Waals surface area contributed by atoms with E-state index >= 15 is 0 Å². The number of hydrogen-bond donors (Lipinski definition) is 9. The van der Waals surface area contributed by atoms with Crippen molar-refractivity contribution in [2.45, 2.75) is 55.2 Å². The zero-order valence-corrected chi connectivity index (χ0v) is 22.7. The SMILES string of the molecule is [N-]=[N+]=NCC(=O)N[C@@H]1[C@@H](OP(=O)(O)OP(=O)(O)OC[C@H]2O[C@@H](n3ccc(=O)[nH]c3=O)[C@H](O)[C@@H]2O)O[C@H](CO)[C@@H](O)[C@@H]1O. The van der Waals surface area contributed by atoms with Gasteiger partial charge in [0.2, 0.25) is 5.91 Å². The van der Waals surface area contributed by atoms with Crippen LogP contribution in [0.1, 0.15) is 6.23 Å². The van der Waals surface area contributed by atoms with E-state index in [1.807, 2.05) is 10.3 Å². The van der Waals surface area contributed by atoms with Gasteiger partial charge in [0.15, 0.2) is 12.5 Å². The van der Waals surface area contributed by atoms with E-state index in [2.05, 4.69) is 23.4 Å². The molecule has 0 aliphatic carbocycles. The summed E-state index contributed by atoms with van der Waals surface area (Å²) in [4.78, 5) is 59.4. The number of aliphatic hydroxyl groups is 5. The lowest BCUT2D eigenvalue weighted by Gasteiger charge is -2.42. The summed E-state index contributed by atoms with van der Waals surface area (Å²) in [5, 5.41) is 55.1. The Labute approximate surface area is 232 Å². The molecule has 0 bridgehead atoms. The van der Waals surface area contributed by atoms with Crippen LogP contribution >= 0.6 is 15.6 Å². The molecule has 1 aromatic heterocycles. The van der Waals surface area contributed by atoms with Crippen molar-refractivity contribution in [2.75, 3.05) is 19.8 Å². The maximum Gasteiger partial charge on any atom is 0.483 e. The van der Waals surface area contributed by atoms with Gasteiger partial charge in [0.05, 0.1) is 13.2 Å². The Morgan fingerprint density at radius 3 is 2.38 bits per heavy atom. The number of nitrogens with zero attached hydrogens (tertiary/aromatic N) is 4. The highest BCUT2D eigenvalue weighted by Crippen LogP contribution is 2.61. The highest BCUT2D eigenvalue weighted by atomic mass is 31.3. The van der Waals surface area contributed by atoms with Crippen molar-refractivity contribution in [2.24, 2.45) is 5.11 Å². The monoisotopic (exact) mass is 648 g/mol. The summed E-state index contributed by atoms with van der Waals surface area (Å²) >= 11 is 0. The van der Waals surface area contributed by atoms with E-state index in [0.29, 0.717) is 4.57 Å². The van der Waals surface area contributed by atoms with Crippen molar-refractivity contribution < 1.29 is 72.1 Å². The Morgan fingerprint density at radius 2 is 1.76 bits per heavy atom. The van der Waals surface area contributed by atoms with E-state index in [1.54, 1.807) is 0 Å². The van der Waals surface area contributed by atoms with Crippen molar-refractivity contribution in [1.82, 2.24) is 14.9 Å². The average molecular weight is 648 g/mol. The molecule has 1 aromatic rings. The summed E-state index contributed by atoms with van der Waals surface area (Å²) in [7, 11) is -11.3. The fraction of sp³-hybridized carbons (Fsp3) is 0.706. The van der Waals surface area contributed by atoms with Gasteiger partial charge in [-0.3, -0.25) is 28.2 Å². The van der Waals surface area contributed by atoms with Crippen molar-refractivity contribution in [3.05, 3.63) is 43.5 Å². The van der Waals surface area contributed by atoms with Crippen LogP contribution in [0, 0.1) is 0 Å². The van der Waals surface area contributed by atoms with Crippen LogP contribution < -0.4 is 16.6 Å². The number of carbonyl (C=O) groups excluding carboxylic acids is 1. The molecular formula is C17H26N6O17P2. The number of H-pyrrole nitrogens is 1. The predicted molar refractivity (Wildman–Crippen MR) is 129 cm³/mol. The molecule has 42 heavy (non-hydrogen) atoms. The zero-order chi connectivity index (χ0) is 31.4. The first-order valence-corrected chi connectivity index (χ1v) is 14.5. The summed E-state index contributed by atoms with van der Waals surface area (Å²) in [6.07, 6.45) is -13.6. The lowest BCUT2D eigenvalue weighted by molar-refractivity contribution is -0.247. The molecule has 0 aromatic carbocycles. The summed E-state index contributed by atoms with van der Waals surface area (Å²) in [5.74, 6) is -1.08. The van der Waals surface area contributed by atoms with E-state index in [1.165, 1.54) is 0 Å². The van der Waals surface area contributed by atoms with Gasteiger partial charge in [-0.05, 0) is 5.53 Å². The minimum absolute atomic E-state index is 0.705. The Bertz CT molecular complexity index is 1380. The normalized spacial score (nSPS) is 34.1. The Hall–Kier alpha value is -2.56. The van der Waals surface area contributed by atoms with Crippen molar-refractivity contribution >= 4 is 21.6 Å². The van der Waals surface area contributed by atoms with Crippen LogP contribution in [-0.4, -0.2) is 119 Å². The highest BCUT2D eigenvalue weighted by molar-refractivity contribution is 7.61. The second-order valence-electron chi connectivity index (χ2n) is 8.67. The molecule has 9 N–H and O–H groups in total. The van der Waals surface area contributed by atoms with Crippen molar-refractivity contribution in [3.63, 3.8) is 0 Å². The molecule has 3 rings (SSSR count). The maximum atomic E-state index is 12.5. The molecule has 2 unspecified atom stereocenters. The quantitative estimate of drug-likeness (QED) is 0.0447. The van der Waals surface area contributed by atoms with E-state index in [0.717, 1.165) is 12.3 Å². The minimum atomic E-state index is -5.73. The Kier molecular flexibility index (Phi) is 11.2. The van der Waals surface area contributed by atoms with Crippen molar-refractivity contribution in [1.29, 1.82) is 0 Å². The number of azide groups is 1. The van der Waals surface area contributed by atoms with Gasteiger partial charge < -0.3 is 50.1 Å². The topological polar surface area (TPSA) is 355 Å². The number of aliphatic hydroxyl groups excluding tert-OH is 5. The molecule has 23 nitrogen and oxygen atoms in total. The third kappa shape index (κ3) is 8.29. The Morgan fingerprint density at radius 1 is 1.10 bits per heavy atom. The Balaban J connectivity index is 1.67. The van der Waals surface area contributed by atoms with Gasteiger partial charge in [0, 0.05) is 17.2 Å². The molecule has 2 saturated heterocycles. The second kappa shape index (κ2) is 13.8. The molecule has 0 saturated carbocycles. The van der Waals surface area contributed by atoms with Crippen LogP contribution in [-0.2, 0) is 36.8 Å². The van der Waals surface area contributed by atoms with Gasteiger partial charge in [0.25, 0.3) is 5.56 Å². The van der Waals surface area contributed by atoms with Crippen LogP contribution in [0.4, 0.5) is 0 Å². The number of hydrogen-bond acceptors (Lipinski definition) is 16. The third-order valence-corrected chi connectivity index (χ3v) is 8.39. The van der Waals surface area contributed by atoms with E-state index in [-0.39, 0.29) is 0 Å². The predicted octanol–water partition coefficient (Wildman–Crippen LogP) is -4.36. The van der Waals surface area contributed by atoms with Gasteiger partial charge in [-0.15, -0.1) is 0 Å². The summed E-state index contributed by atoms with van der Waals surface area (Å²) < 4.78 is 49.3. The number of phosphoric ester groups is 2. The molecular weight excluding hydrogens is 622 g/mol. The fourth-order valence-electron chi connectivity index (χ4n) is 3.85. The second-order valence-corrected chi connectivity index (χ2v) is 11.7. The van der Waals surface area contributed by atoms with E-state index < -0.39 is 108 Å². The number of ether oxygens (including phenoxy) is 2. The fourth-order valence-corrected chi connectivity index (χ4v) is 6.01. The van der Waals surface area contributed by atoms with Gasteiger partial charge in [-0.25, -0.2) is 13.9 Å². The molecule has 2 aliphatic rings. The van der Waals surface area contributed by atoms with Crippen LogP contribution in [0.3, 0.4) is 0 Å². The number of aromatic amines is 1. The summed E-state index contributed by atoms with van der Waals surface area (Å²) in [6.45, 7) is -2.85. The molecule has 2 aliphatic heterocycles. The van der Waals surface area contributed by atoms with Crippen LogP contribution in [0.2, 0.25) is 0 Å². The molecule has 0 radical (unpaired) electrons. The number of amides is 1. The molecule has 11 atom stereocenters. The number of rotatable bonds is 12. The largest absolute Gasteiger partial charge is 0.483 e. The van der Waals surface area contributed by atoms with Crippen LogP contribution in [0.15, 0.2) is 27.0 Å². The average Bonchev–Trinajstić information content (AvgIpc) is 3.18. The summed E-state index contributed by atoms with van der Waals surface area (Å²) in [5.41, 5.74) is 6.54. The number of carbonyl (C=O) groups is 1.